The van der Waals surface area contributed by atoms with Crippen molar-refractivity contribution in [3.8, 4) is 5.75 Å². The molecule has 1 rings (SSSR count). The molecule has 0 heterocycles. The van der Waals surface area contributed by atoms with Crippen molar-refractivity contribution < 1.29 is 4.74 Å². The lowest BCUT2D eigenvalue weighted by Gasteiger charge is -2.14. The summed E-state index contributed by atoms with van der Waals surface area (Å²) < 4.78 is 5.56. The molecule has 1 N–H and O–H groups in total. The van der Waals surface area contributed by atoms with Crippen LogP contribution in [0.5, 0.6) is 5.75 Å². The largest absolute Gasteiger partial charge is 0.492 e. The monoisotopic (exact) mass is 290 g/mol. The molecule has 0 aromatic heterocycles. The van der Waals surface area contributed by atoms with Gasteiger partial charge in [-0.25, -0.2) is 0 Å². The summed E-state index contributed by atoms with van der Waals surface area (Å²) in [6.45, 7) is 5.12. The highest BCUT2D eigenvalue weighted by Gasteiger charge is 2.10. The van der Waals surface area contributed by atoms with E-state index in [9.17, 15) is 0 Å². The lowest BCUT2D eigenvalue weighted by Crippen LogP contribution is -2.26. The van der Waals surface area contributed by atoms with Gasteiger partial charge in [-0.3, -0.25) is 0 Å². The second kappa shape index (κ2) is 7.85. The Bertz CT molecular complexity index is 383. The van der Waals surface area contributed by atoms with Crippen molar-refractivity contribution in [2.75, 3.05) is 33.8 Å². The fraction of sp³-hybridized carbons (Fsp3) is 0.538. The SMILES string of the molecule is CCOc1c(Cl)cc(Cl)cc1CNCCN(C)C. The predicted molar refractivity (Wildman–Crippen MR) is 77.9 cm³/mol. The maximum atomic E-state index is 6.13. The smallest absolute Gasteiger partial charge is 0.142 e. The van der Waals surface area contributed by atoms with Crippen LogP contribution >= 0.6 is 23.2 Å². The second-order valence-electron chi connectivity index (χ2n) is 4.29. The molecule has 0 fully saturated rings. The van der Waals surface area contributed by atoms with Crippen molar-refractivity contribution in [2.45, 2.75) is 13.5 Å². The molecule has 0 saturated carbocycles. The molecule has 0 aliphatic rings. The number of likely N-dealkylation sites (N-methyl/N-ethyl adjacent to an activating group) is 1. The van der Waals surface area contributed by atoms with E-state index in [1.807, 2.05) is 27.1 Å². The van der Waals surface area contributed by atoms with Gasteiger partial charge in [0, 0.05) is 30.2 Å². The molecule has 0 radical (unpaired) electrons. The van der Waals surface area contributed by atoms with Crippen LogP contribution in [0.15, 0.2) is 12.1 Å². The zero-order valence-electron chi connectivity index (χ0n) is 11.1. The van der Waals surface area contributed by atoms with Crippen LogP contribution in [0, 0.1) is 0 Å². The Morgan fingerprint density at radius 2 is 2.00 bits per heavy atom. The molecule has 0 spiro atoms. The van der Waals surface area contributed by atoms with E-state index in [2.05, 4.69) is 10.2 Å². The van der Waals surface area contributed by atoms with E-state index in [1.165, 1.54) is 0 Å². The van der Waals surface area contributed by atoms with Gasteiger partial charge in [-0.1, -0.05) is 23.2 Å². The summed E-state index contributed by atoms with van der Waals surface area (Å²) in [7, 11) is 4.09. The number of nitrogens with zero attached hydrogens (tertiary/aromatic N) is 1. The Kier molecular flexibility index (Phi) is 6.79. The number of hydrogen-bond donors (Lipinski definition) is 1. The van der Waals surface area contributed by atoms with Gasteiger partial charge in [0.2, 0.25) is 0 Å². The first kappa shape index (κ1) is 15.6. The maximum absolute atomic E-state index is 6.13. The highest BCUT2D eigenvalue weighted by atomic mass is 35.5. The average molecular weight is 291 g/mol. The molecule has 5 heteroatoms. The van der Waals surface area contributed by atoms with Gasteiger partial charge >= 0.3 is 0 Å². The highest BCUT2D eigenvalue weighted by molar-refractivity contribution is 6.35. The second-order valence-corrected chi connectivity index (χ2v) is 5.13. The summed E-state index contributed by atoms with van der Waals surface area (Å²) >= 11 is 12.1. The average Bonchev–Trinajstić information content (AvgIpc) is 2.28. The van der Waals surface area contributed by atoms with Crippen LogP contribution in [0.25, 0.3) is 0 Å². The van der Waals surface area contributed by atoms with Crippen LogP contribution in [0.1, 0.15) is 12.5 Å². The van der Waals surface area contributed by atoms with E-state index >= 15 is 0 Å². The van der Waals surface area contributed by atoms with E-state index in [-0.39, 0.29) is 0 Å². The molecule has 102 valence electrons. The van der Waals surface area contributed by atoms with Crippen molar-refractivity contribution >= 4 is 23.2 Å². The van der Waals surface area contributed by atoms with Crippen molar-refractivity contribution in [1.82, 2.24) is 10.2 Å². The van der Waals surface area contributed by atoms with Gasteiger partial charge in [-0.15, -0.1) is 0 Å². The van der Waals surface area contributed by atoms with Crippen LogP contribution in [0.3, 0.4) is 0 Å². The molecule has 0 amide bonds. The van der Waals surface area contributed by atoms with Gasteiger partial charge in [-0.05, 0) is 33.2 Å². The Hall–Kier alpha value is -0.480. The third kappa shape index (κ3) is 5.02. The molecule has 0 bridgehead atoms. The number of halogens is 2. The standard InChI is InChI=1S/C13H20Cl2N2O/c1-4-18-13-10(7-11(14)8-12(13)15)9-16-5-6-17(2)3/h7-8,16H,4-6,9H2,1-3H3. The van der Waals surface area contributed by atoms with Crippen LogP contribution in [0.4, 0.5) is 0 Å². The number of hydrogen-bond acceptors (Lipinski definition) is 3. The van der Waals surface area contributed by atoms with E-state index in [0.717, 1.165) is 24.4 Å². The minimum absolute atomic E-state index is 0.564. The minimum atomic E-state index is 0.564. The molecule has 0 saturated heterocycles. The zero-order chi connectivity index (χ0) is 13.5. The number of rotatable bonds is 7. The molecule has 0 aliphatic carbocycles. The van der Waals surface area contributed by atoms with E-state index < -0.39 is 0 Å². The summed E-state index contributed by atoms with van der Waals surface area (Å²) in [6, 6.07) is 3.60. The molecule has 0 aliphatic heterocycles. The number of benzene rings is 1. The first-order chi connectivity index (χ1) is 8.54. The molecule has 0 unspecified atom stereocenters. The molecule has 1 aromatic rings. The maximum Gasteiger partial charge on any atom is 0.142 e. The van der Waals surface area contributed by atoms with E-state index in [4.69, 9.17) is 27.9 Å². The quantitative estimate of drug-likeness (QED) is 0.781. The lowest BCUT2D eigenvalue weighted by atomic mass is 10.2. The summed E-state index contributed by atoms with van der Waals surface area (Å²) in [5.41, 5.74) is 0.994. The predicted octanol–water partition coefficient (Wildman–Crippen LogP) is 3.04. The van der Waals surface area contributed by atoms with Gasteiger partial charge in [0.25, 0.3) is 0 Å². The van der Waals surface area contributed by atoms with Gasteiger partial charge in [0.05, 0.1) is 11.6 Å². The Morgan fingerprint density at radius 3 is 2.61 bits per heavy atom. The van der Waals surface area contributed by atoms with Crippen LogP contribution < -0.4 is 10.1 Å². The first-order valence-electron chi connectivity index (χ1n) is 6.00. The third-order valence-corrected chi connectivity index (χ3v) is 2.92. The zero-order valence-corrected chi connectivity index (χ0v) is 12.6. The van der Waals surface area contributed by atoms with Crippen LogP contribution in [-0.4, -0.2) is 38.7 Å². The summed E-state index contributed by atoms with van der Waals surface area (Å²) in [5.74, 6) is 0.723. The molecular weight excluding hydrogens is 271 g/mol. The summed E-state index contributed by atoms with van der Waals surface area (Å²) in [5, 5.41) is 4.54. The highest BCUT2D eigenvalue weighted by Crippen LogP contribution is 2.32. The molecule has 0 atom stereocenters. The van der Waals surface area contributed by atoms with Crippen LogP contribution in [-0.2, 0) is 6.54 Å². The van der Waals surface area contributed by atoms with E-state index in [1.54, 1.807) is 6.07 Å². The lowest BCUT2D eigenvalue weighted by molar-refractivity contribution is 0.335. The van der Waals surface area contributed by atoms with Crippen molar-refractivity contribution in [3.05, 3.63) is 27.7 Å². The van der Waals surface area contributed by atoms with Crippen molar-refractivity contribution in [2.24, 2.45) is 0 Å². The molecule has 18 heavy (non-hydrogen) atoms. The third-order valence-electron chi connectivity index (χ3n) is 2.43. The number of ether oxygens (including phenoxy) is 1. The summed E-state index contributed by atoms with van der Waals surface area (Å²) in [6.07, 6.45) is 0. The molecular formula is C13H20Cl2N2O. The molecule has 3 nitrogen and oxygen atoms in total. The Morgan fingerprint density at radius 1 is 1.28 bits per heavy atom. The van der Waals surface area contributed by atoms with Gasteiger partial charge in [0.1, 0.15) is 5.75 Å². The Labute approximate surface area is 119 Å². The minimum Gasteiger partial charge on any atom is -0.492 e. The summed E-state index contributed by atoms with van der Waals surface area (Å²) in [4.78, 5) is 2.13. The number of nitrogens with one attached hydrogen (secondary N) is 1. The fourth-order valence-corrected chi connectivity index (χ4v) is 2.17. The van der Waals surface area contributed by atoms with Gasteiger partial charge in [0.15, 0.2) is 0 Å². The van der Waals surface area contributed by atoms with Crippen molar-refractivity contribution in [3.63, 3.8) is 0 Å². The molecule has 1 aromatic carbocycles. The van der Waals surface area contributed by atoms with Crippen LogP contribution in [0.2, 0.25) is 10.0 Å². The van der Waals surface area contributed by atoms with Gasteiger partial charge in [-0.2, -0.15) is 0 Å². The fourth-order valence-electron chi connectivity index (χ4n) is 1.58. The Balaban J connectivity index is 2.67. The van der Waals surface area contributed by atoms with E-state index in [0.29, 0.717) is 23.2 Å². The normalized spacial score (nSPS) is 11.0. The topological polar surface area (TPSA) is 24.5 Å². The van der Waals surface area contributed by atoms with Gasteiger partial charge < -0.3 is 15.0 Å². The first-order valence-corrected chi connectivity index (χ1v) is 6.76. The van der Waals surface area contributed by atoms with Crippen molar-refractivity contribution in [1.29, 1.82) is 0 Å².